The van der Waals surface area contributed by atoms with Crippen LogP contribution in [-0.2, 0) is 9.84 Å². The molecule has 0 aliphatic carbocycles. The minimum atomic E-state index is -3.06. The van der Waals surface area contributed by atoms with Crippen LogP contribution >= 0.6 is 15.9 Å². The molecule has 5 heteroatoms. The number of alkyl halides is 1. The summed E-state index contributed by atoms with van der Waals surface area (Å²) in [4.78, 5) is -0.251. The monoisotopic (exact) mass is 348 g/mol. The molecule has 2 rings (SSSR count). The number of benzene rings is 1. The molecule has 0 radical (unpaired) electrons. The molecule has 0 saturated carbocycles. The van der Waals surface area contributed by atoms with Gasteiger partial charge in [-0.05, 0) is 55.5 Å². The number of hydrogen-bond donors (Lipinski definition) is 0. The van der Waals surface area contributed by atoms with Gasteiger partial charge in [0.15, 0.2) is 9.84 Å². The van der Waals surface area contributed by atoms with Gasteiger partial charge in [0.2, 0.25) is 0 Å². The average molecular weight is 349 g/mol. The van der Waals surface area contributed by atoms with Gasteiger partial charge in [-0.3, -0.25) is 0 Å². The van der Waals surface area contributed by atoms with Gasteiger partial charge >= 0.3 is 0 Å². The van der Waals surface area contributed by atoms with Gasteiger partial charge < -0.3 is 0 Å². The van der Waals surface area contributed by atoms with Crippen LogP contribution in [0.4, 0.5) is 4.39 Å². The van der Waals surface area contributed by atoms with Crippen molar-refractivity contribution in [3.05, 3.63) is 34.6 Å². The molecule has 1 heterocycles. The Hall–Kier alpha value is -0.420. The lowest BCUT2D eigenvalue weighted by atomic mass is 9.96. The first-order valence-electron chi connectivity index (χ1n) is 6.45. The highest BCUT2D eigenvalue weighted by Gasteiger charge is 2.36. The fraction of sp³-hybridized carbons (Fsp3) is 0.571. The van der Waals surface area contributed by atoms with Gasteiger partial charge in [-0.25, -0.2) is 12.8 Å². The van der Waals surface area contributed by atoms with Crippen molar-refractivity contribution < 1.29 is 12.8 Å². The molecule has 2 atom stereocenters. The van der Waals surface area contributed by atoms with Crippen molar-refractivity contribution in [2.45, 2.75) is 43.2 Å². The van der Waals surface area contributed by atoms with E-state index >= 15 is 0 Å². The molecule has 0 amide bonds. The number of hydrogen-bond acceptors (Lipinski definition) is 2. The fourth-order valence-electron chi connectivity index (χ4n) is 2.85. The molecular weight excluding hydrogens is 331 g/mol. The third kappa shape index (κ3) is 3.02. The maximum atomic E-state index is 13.3. The van der Waals surface area contributed by atoms with Crippen LogP contribution in [0.1, 0.15) is 40.8 Å². The highest BCUT2D eigenvalue weighted by atomic mass is 79.9. The summed E-state index contributed by atoms with van der Waals surface area (Å²) in [6.07, 6.45) is 2.36. The largest absolute Gasteiger partial charge is 0.228 e. The van der Waals surface area contributed by atoms with Crippen LogP contribution in [0.2, 0.25) is 0 Å². The Morgan fingerprint density at radius 1 is 1.26 bits per heavy atom. The van der Waals surface area contributed by atoms with Crippen LogP contribution in [0.25, 0.3) is 0 Å². The predicted octanol–water partition coefficient (Wildman–Crippen LogP) is 3.85. The summed E-state index contributed by atoms with van der Waals surface area (Å²) >= 11 is 3.55. The Morgan fingerprint density at radius 2 is 1.84 bits per heavy atom. The van der Waals surface area contributed by atoms with E-state index in [0.29, 0.717) is 6.42 Å². The number of aryl methyl sites for hydroxylation is 2. The van der Waals surface area contributed by atoms with Crippen LogP contribution in [-0.4, -0.2) is 19.4 Å². The second-order valence-corrected chi connectivity index (χ2v) is 8.58. The van der Waals surface area contributed by atoms with Gasteiger partial charge in [0.25, 0.3) is 0 Å². The van der Waals surface area contributed by atoms with E-state index in [1.54, 1.807) is 0 Å². The van der Waals surface area contributed by atoms with E-state index in [0.717, 1.165) is 29.5 Å². The Balaban J connectivity index is 2.42. The van der Waals surface area contributed by atoms with Crippen molar-refractivity contribution in [3.8, 4) is 0 Å². The van der Waals surface area contributed by atoms with Crippen molar-refractivity contribution in [3.63, 3.8) is 0 Å². The Kier molecular flexibility index (Phi) is 4.35. The van der Waals surface area contributed by atoms with Crippen LogP contribution in [0, 0.1) is 19.7 Å². The van der Waals surface area contributed by atoms with E-state index in [9.17, 15) is 12.8 Å². The first kappa shape index (κ1) is 15.0. The fourth-order valence-corrected chi connectivity index (χ4v) is 6.76. The standard InChI is InChI=1S/C14H18BrFO2S/c1-9-7-11(16)8-10(2)13(9)14(15)12-5-3-4-6-19(12,17)18/h7-8,12,14H,3-6H2,1-2H3. The normalized spacial score (nSPS) is 24.1. The Bertz CT molecular complexity index is 560. The van der Waals surface area contributed by atoms with E-state index < -0.39 is 15.1 Å². The van der Waals surface area contributed by atoms with Gasteiger partial charge in [-0.2, -0.15) is 0 Å². The maximum Gasteiger partial charge on any atom is 0.154 e. The smallest absolute Gasteiger partial charge is 0.154 e. The molecule has 106 valence electrons. The molecule has 0 N–H and O–H groups in total. The van der Waals surface area contributed by atoms with Gasteiger partial charge in [0.05, 0.1) is 15.8 Å². The van der Waals surface area contributed by atoms with Gasteiger partial charge in [-0.1, -0.05) is 22.4 Å². The van der Waals surface area contributed by atoms with Crippen LogP contribution in [0.3, 0.4) is 0 Å². The molecule has 1 saturated heterocycles. The molecule has 1 aromatic carbocycles. The second-order valence-electron chi connectivity index (χ2n) is 5.26. The second kappa shape index (κ2) is 5.52. The Morgan fingerprint density at radius 3 is 2.37 bits per heavy atom. The number of rotatable bonds is 2. The zero-order valence-corrected chi connectivity index (χ0v) is 13.5. The highest BCUT2D eigenvalue weighted by molar-refractivity contribution is 9.09. The third-order valence-corrected chi connectivity index (χ3v) is 7.52. The summed E-state index contributed by atoms with van der Waals surface area (Å²) < 4.78 is 37.7. The summed E-state index contributed by atoms with van der Waals surface area (Å²) in [5.74, 6) is -0.0102. The molecule has 2 unspecified atom stereocenters. The third-order valence-electron chi connectivity index (χ3n) is 3.79. The lowest BCUT2D eigenvalue weighted by molar-refractivity contribution is 0.536. The Labute approximate surface area is 122 Å². The number of halogens is 2. The van der Waals surface area contributed by atoms with Crippen molar-refractivity contribution >= 4 is 25.8 Å². The lowest BCUT2D eigenvalue weighted by Crippen LogP contribution is -2.32. The SMILES string of the molecule is Cc1cc(F)cc(C)c1C(Br)C1CCCCS1(=O)=O. The summed E-state index contributed by atoms with van der Waals surface area (Å²) in [5.41, 5.74) is 2.53. The summed E-state index contributed by atoms with van der Waals surface area (Å²) in [5, 5.41) is -0.399. The van der Waals surface area contributed by atoms with Gasteiger partial charge in [0.1, 0.15) is 5.82 Å². The molecule has 1 aromatic rings. The summed E-state index contributed by atoms with van der Waals surface area (Å²) in [6, 6.07) is 2.93. The molecule has 0 spiro atoms. The molecule has 1 aliphatic heterocycles. The highest BCUT2D eigenvalue weighted by Crippen LogP contribution is 2.39. The first-order chi connectivity index (χ1) is 8.83. The quantitative estimate of drug-likeness (QED) is 0.760. The van der Waals surface area contributed by atoms with Crippen LogP contribution < -0.4 is 0 Å². The maximum absolute atomic E-state index is 13.3. The predicted molar refractivity (Wildman–Crippen MR) is 79.0 cm³/mol. The van der Waals surface area contributed by atoms with Crippen molar-refractivity contribution in [1.29, 1.82) is 0 Å². The van der Waals surface area contributed by atoms with E-state index in [4.69, 9.17) is 0 Å². The van der Waals surface area contributed by atoms with Crippen molar-refractivity contribution in [2.24, 2.45) is 0 Å². The summed E-state index contributed by atoms with van der Waals surface area (Å²) in [6.45, 7) is 3.66. The van der Waals surface area contributed by atoms with Gasteiger partial charge in [0, 0.05) is 0 Å². The summed E-state index contributed by atoms with van der Waals surface area (Å²) in [7, 11) is -3.06. The van der Waals surface area contributed by atoms with Crippen LogP contribution in [0.5, 0.6) is 0 Å². The van der Waals surface area contributed by atoms with Crippen LogP contribution in [0.15, 0.2) is 12.1 Å². The van der Waals surface area contributed by atoms with E-state index in [1.807, 2.05) is 13.8 Å². The van der Waals surface area contributed by atoms with E-state index in [-0.39, 0.29) is 16.4 Å². The average Bonchev–Trinajstić information content (AvgIpc) is 2.26. The topological polar surface area (TPSA) is 34.1 Å². The molecular formula is C14H18BrFO2S. The zero-order chi connectivity index (χ0) is 14.2. The molecule has 2 nitrogen and oxygen atoms in total. The van der Waals surface area contributed by atoms with Crippen molar-refractivity contribution in [1.82, 2.24) is 0 Å². The zero-order valence-electron chi connectivity index (χ0n) is 11.1. The molecule has 1 aliphatic rings. The minimum absolute atomic E-state index is 0.251. The molecule has 1 fully saturated rings. The van der Waals surface area contributed by atoms with Gasteiger partial charge in [-0.15, -0.1) is 0 Å². The van der Waals surface area contributed by atoms with E-state index in [1.165, 1.54) is 12.1 Å². The lowest BCUT2D eigenvalue weighted by Gasteiger charge is -2.28. The first-order valence-corrected chi connectivity index (χ1v) is 9.08. The molecule has 0 bridgehead atoms. The number of sulfone groups is 1. The van der Waals surface area contributed by atoms with E-state index in [2.05, 4.69) is 15.9 Å². The minimum Gasteiger partial charge on any atom is -0.228 e. The van der Waals surface area contributed by atoms with Crippen molar-refractivity contribution in [2.75, 3.05) is 5.75 Å². The molecule has 19 heavy (non-hydrogen) atoms. The molecule has 0 aromatic heterocycles.